The molecule has 1 aromatic rings. The van der Waals surface area contributed by atoms with E-state index >= 15 is 0 Å². The Bertz CT molecular complexity index is 457. The third-order valence-electron chi connectivity index (χ3n) is 4.61. The zero-order valence-electron chi connectivity index (χ0n) is 12.7. The summed E-state index contributed by atoms with van der Waals surface area (Å²) in [6, 6.07) is 2.36. The van der Waals surface area contributed by atoms with Crippen molar-refractivity contribution in [2.45, 2.75) is 40.3 Å². The lowest BCUT2D eigenvalue weighted by Gasteiger charge is -2.11. The van der Waals surface area contributed by atoms with Crippen LogP contribution in [-0.4, -0.2) is 30.2 Å². The molecule has 1 aliphatic carbocycles. The van der Waals surface area contributed by atoms with Crippen LogP contribution in [0.3, 0.4) is 0 Å². The highest BCUT2D eigenvalue weighted by molar-refractivity contribution is 5.50. The van der Waals surface area contributed by atoms with Crippen molar-refractivity contribution in [3.8, 4) is 0 Å². The summed E-state index contributed by atoms with van der Waals surface area (Å²) in [6.07, 6.45) is 0. The van der Waals surface area contributed by atoms with Crippen LogP contribution in [0.15, 0.2) is 6.07 Å². The Labute approximate surface area is 115 Å². The van der Waals surface area contributed by atoms with Crippen molar-refractivity contribution < 1.29 is 4.74 Å². The Balaban J connectivity index is 2.19. The van der Waals surface area contributed by atoms with E-state index < -0.39 is 0 Å². The molecule has 0 spiro atoms. The zero-order chi connectivity index (χ0) is 14.3. The van der Waals surface area contributed by atoms with E-state index in [9.17, 15) is 0 Å². The quantitative estimate of drug-likeness (QED) is 0.855. The highest BCUT2D eigenvalue weighted by Crippen LogP contribution is 2.63. The van der Waals surface area contributed by atoms with Crippen molar-refractivity contribution in [2.24, 2.45) is 10.8 Å². The molecule has 0 saturated heterocycles. The molecule has 0 unspecified atom stereocenters. The molecule has 1 aromatic heterocycles. The number of aromatic nitrogens is 2. The van der Waals surface area contributed by atoms with Crippen LogP contribution in [-0.2, 0) is 11.3 Å². The van der Waals surface area contributed by atoms with E-state index in [-0.39, 0.29) is 10.8 Å². The minimum Gasteiger partial charge on any atom is -0.377 e. The first-order chi connectivity index (χ1) is 8.82. The molecule has 106 valence electrons. The molecule has 1 heterocycles. The first-order valence-electron chi connectivity index (χ1n) is 6.64. The third kappa shape index (κ3) is 2.39. The van der Waals surface area contributed by atoms with Gasteiger partial charge in [-0.2, -0.15) is 0 Å². The molecular formula is C14H24N4O. The number of anilines is 2. The summed E-state index contributed by atoms with van der Waals surface area (Å²) in [4.78, 5) is 8.85. The third-order valence-corrected chi connectivity index (χ3v) is 4.61. The van der Waals surface area contributed by atoms with Gasteiger partial charge >= 0.3 is 0 Å². The molecule has 0 aromatic carbocycles. The highest BCUT2D eigenvalue weighted by Gasteiger charge is 2.65. The van der Waals surface area contributed by atoms with Crippen LogP contribution in [0.4, 0.5) is 11.6 Å². The Kier molecular flexibility index (Phi) is 3.43. The fraction of sp³-hybridized carbons (Fsp3) is 0.714. The Morgan fingerprint density at radius 3 is 2.21 bits per heavy atom. The lowest BCUT2D eigenvalue weighted by atomic mass is 10.0. The molecule has 0 aliphatic heterocycles. The Morgan fingerprint density at radius 1 is 1.16 bits per heavy atom. The van der Waals surface area contributed by atoms with Crippen LogP contribution in [0.25, 0.3) is 0 Å². The van der Waals surface area contributed by atoms with Crippen molar-refractivity contribution in [3.63, 3.8) is 0 Å². The number of hydrogen-bond donors (Lipinski definition) is 2. The largest absolute Gasteiger partial charge is 0.377 e. The average Bonchev–Trinajstić information content (AvgIpc) is 2.72. The first-order valence-corrected chi connectivity index (χ1v) is 6.64. The summed E-state index contributed by atoms with van der Waals surface area (Å²) in [5, 5.41) is 6.58. The van der Waals surface area contributed by atoms with E-state index in [1.165, 1.54) is 0 Å². The summed E-state index contributed by atoms with van der Waals surface area (Å²) < 4.78 is 5.10. The van der Waals surface area contributed by atoms with Gasteiger partial charge in [0.05, 0.1) is 0 Å². The van der Waals surface area contributed by atoms with Crippen LogP contribution >= 0.6 is 0 Å². The van der Waals surface area contributed by atoms with E-state index in [2.05, 4.69) is 48.3 Å². The molecular weight excluding hydrogens is 240 g/mol. The maximum absolute atomic E-state index is 5.10. The van der Waals surface area contributed by atoms with E-state index in [4.69, 9.17) is 4.74 Å². The van der Waals surface area contributed by atoms with Crippen molar-refractivity contribution in [1.82, 2.24) is 9.97 Å². The van der Waals surface area contributed by atoms with Crippen LogP contribution in [0.5, 0.6) is 0 Å². The van der Waals surface area contributed by atoms with Gasteiger partial charge in [-0.05, 0) is 10.8 Å². The molecule has 0 amide bonds. The average molecular weight is 264 g/mol. The normalized spacial score (nSPS) is 20.1. The van der Waals surface area contributed by atoms with E-state index in [0.29, 0.717) is 18.5 Å². The van der Waals surface area contributed by atoms with E-state index in [1.54, 1.807) is 7.11 Å². The number of nitrogens with zero attached hydrogens (tertiary/aromatic N) is 2. The van der Waals surface area contributed by atoms with Crippen molar-refractivity contribution >= 4 is 11.6 Å². The maximum atomic E-state index is 5.10. The minimum atomic E-state index is 0.277. The fourth-order valence-electron chi connectivity index (χ4n) is 2.60. The maximum Gasteiger partial charge on any atom is 0.158 e. The van der Waals surface area contributed by atoms with E-state index in [0.717, 1.165) is 11.6 Å². The van der Waals surface area contributed by atoms with E-state index in [1.807, 2.05) is 13.1 Å². The number of nitrogens with one attached hydrogen (secondary N) is 2. The minimum absolute atomic E-state index is 0.277. The molecule has 1 saturated carbocycles. The lowest BCUT2D eigenvalue weighted by molar-refractivity contribution is 0.178. The van der Waals surface area contributed by atoms with Crippen molar-refractivity contribution in [2.75, 3.05) is 24.8 Å². The SMILES string of the molecule is CNc1cc(NC2C(C)(C)C2(C)C)nc(COC)n1. The molecule has 5 heteroatoms. The summed E-state index contributed by atoms with van der Waals surface area (Å²) in [6.45, 7) is 9.53. The molecule has 1 aliphatic rings. The molecule has 2 N–H and O–H groups in total. The van der Waals surface area contributed by atoms with Gasteiger partial charge in [-0.1, -0.05) is 27.7 Å². The van der Waals surface area contributed by atoms with Gasteiger partial charge in [-0.25, -0.2) is 9.97 Å². The standard InChI is InChI=1S/C14H24N4O/c1-13(2)12(14(13,3)4)18-10-7-9(15-5)16-11(17-10)8-19-6/h7,12H,8H2,1-6H3,(H2,15,16,17,18). The van der Waals surface area contributed by atoms with Crippen molar-refractivity contribution in [3.05, 3.63) is 11.9 Å². The predicted molar refractivity (Wildman–Crippen MR) is 77.3 cm³/mol. The fourth-order valence-corrected chi connectivity index (χ4v) is 2.60. The van der Waals surface area contributed by atoms with Gasteiger partial charge in [0.15, 0.2) is 5.82 Å². The molecule has 0 bridgehead atoms. The number of hydrogen-bond acceptors (Lipinski definition) is 5. The first kappa shape index (κ1) is 14.1. The van der Waals surface area contributed by atoms with Crippen LogP contribution in [0.1, 0.15) is 33.5 Å². The van der Waals surface area contributed by atoms with Gasteiger partial charge in [-0.15, -0.1) is 0 Å². The second-order valence-corrected chi connectivity index (χ2v) is 6.26. The summed E-state index contributed by atoms with van der Waals surface area (Å²) in [5.74, 6) is 2.35. The monoisotopic (exact) mass is 264 g/mol. The van der Waals surface area contributed by atoms with Crippen LogP contribution in [0, 0.1) is 10.8 Å². The molecule has 5 nitrogen and oxygen atoms in total. The van der Waals surface area contributed by atoms with Gasteiger partial charge in [0.1, 0.15) is 18.2 Å². The van der Waals surface area contributed by atoms with Gasteiger partial charge in [0.2, 0.25) is 0 Å². The van der Waals surface area contributed by atoms with Crippen LogP contribution in [0.2, 0.25) is 0 Å². The summed E-state index contributed by atoms with van der Waals surface area (Å²) >= 11 is 0. The second-order valence-electron chi connectivity index (χ2n) is 6.26. The lowest BCUT2D eigenvalue weighted by Crippen LogP contribution is -2.13. The number of rotatable bonds is 5. The number of ether oxygens (including phenoxy) is 1. The zero-order valence-corrected chi connectivity index (χ0v) is 12.7. The summed E-state index contributed by atoms with van der Waals surface area (Å²) in [7, 11) is 3.50. The topological polar surface area (TPSA) is 59.1 Å². The predicted octanol–water partition coefficient (Wildman–Crippen LogP) is 2.51. The smallest absolute Gasteiger partial charge is 0.158 e. The van der Waals surface area contributed by atoms with Gasteiger partial charge in [0, 0.05) is 26.3 Å². The second kappa shape index (κ2) is 4.63. The van der Waals surface area contributed by atoms with Gasteiger partial charge < -0.3 is 15.4 Å². The Morgan fingerprint density at radius 2 is 1.74 bits per heavy atom. The molecule has 19 heavy (non-hydrogen) atoms. The van der Waals surface area contributed by atoms with Gasteiger partial charge in [0.25, 0.3) is 0 Å². The number of methoxy groups -OCH3 is 1. The highest BCUT2D eigenvalue weighted by atomic mass is 16.5. The van der Waals surface area contributed by atoms with Crippen molar-refractivity contribution in [1.29, 1.82) is 0 Å². The molecule has 0 atom stereocenters. The van der Waals surface area contributed by atoms with Crippen LogP contribution < -0.4 is 10.6 Å². The molecule has 0 radical (unpaired) electrons. The summed E-state index contributed by atoms with van der Waals surface area (Å²) in [5.41, 5.74) is 0.554. The van der Waals surface area contributed by atoms with Gasteiger partial charge in [-0.3, -0.25) is 0 Å². The molecule has 1 fully saturated rings. The molecule has 2 rings (SSSR count). The Hall–Kier alpha value is -1.36.